The third-order valence-electron chi connectivity index (χ3n) is 5.33. The Hall–Kier alpha value is -2.82. The molecular formula is C20H24N6O3S. The molecule has 1 aliphatic carbocycles. The first-order chi connectivity index (χ1) is 14.4. The standard InChI is InChI=1S/C20H24N6O3S/c21-16-3-5-17(6-4-16)26-30(28,29)18-7-1-13(2-8-18)10-23-20(27)15-9-14-12-24-25-19(14)22-11-15/h1-2,7-9,11-12,16-17,26H,3-6,10,21H2,(H,23,27)(H,22,24,25)/t16-,17-. The van der Waals surface area contributed by atoms with E-state index in [0.29, 0.717) is 11.2 Å². The number of amides is 1. The average Bonchev–Trinajstić information content (AvgIpc) is 3.22. The van der Waals surface area contributed by atoms with Crippen LogP contribution in [0.5, 0.6) is 0 Å². The third kappa shape index (κ3) is 4.66. The number of pyridine rings is 1. The molecule has 1 aliphatic rings. The highest BCUT2D eigenvalue weighted by atomic mass is 32.2. The summed E-state index contributed by atoms with van der Waals surface area (Å²) in [6.07, 6.45) is 6.25. The highest BCUT2D eigenvalue weighted by Crippen LogP contribution is 2.20. The molecule has 1 fully saturated rings. The minimum atomic E-state index is -3.58. The van der Waals surface area contributed by atoms with E-state index >= 15 is 0 Å². The Balaban J connectivity index is 1.35. The molecule has 0 spiro atoms. The van der Waals surface area contributed by atoms with E-state index in [9.17, 15) is 13.2 Å². The van der Waals surface area contributed by atoms with Crippen molar-refractivity contribution in [3.63, 3.8) is 0 Å². The van der Waals surface area contributed by atoms with Gasteiger partial charge in [-0.3, -0.25) is 9.89 Å². The predicted molar refractivity (Wildman–Crippen MR) is 112 cm³/mol. The van der Waals surface area contributed by atoms with Crippen LogP contribution in [-0.4, -0.2) is 41.6 Å². The van der Waals surface area contributed by atoms with Gasteiger partial charge in [0.05, 0.1) is 16.7 Å². The van der Waals surface area contributed by atoms with E-state index in [1.165, 1.54) is 6.20 Å². The monoisotopic (exact) mass is 428 g/mol. The lowest BCUT2D eigenvalue weighted by Crippen LogP contribution is -2.40. The maximum absolute atomic E-state index is 12.6. The van der Waals surface area contributed by atoms with Crippen molar-refractivity contribution in [1.82, 2.24) is 25.2 Å². The fourth-order valence-corrected chi connectivity index (χ4v) is 4.86. The van der Waals surface area contributed by atoms with Crippen LogP contribution in [-0.2, 0) is 16.6 Å². The molecule has 30 heavy (non-hydrogen) atoms. The minimum Gasteiger partial charge on any atom is -0.348 e. The zero-order valence-electron chi connectivity index (χ0n) is 16.3. The number of rotatable bonds is 6. The van der Waals surface area contributed by atoms with Crippen molar-refractivity contribution in [2.24, 2.45) is 5.73 Å². The molecular weight excluding hydrogens is 404 g/mol. The molecule has 10 heteroatoms. The normalized spacial score (nSPS) is 19.6. The highest BCUT2D eigenvalue weighted by Gasteiger charge is 2.24. The number of carbonyl (C=O) groups is 1. The topological polar surface area (TPSA) is 143 Å². The maximum atomic E-state index is 12.6. The smallest absolute Gasteiger partial charge is 0.253 e. The zero-order chi connectivity index (χ0) is 21.1. The van der Waals surface area contributed by atoms with Crippen molar-refractivity contribution in [2.45, 2.75) is 49.2 Å². The summed E-state index contributed by atoms with van der Waals surface area (Å²) in [4.78, 5) is 16.7. The molecule has 0 unspecified atom stereocenters. The molecule has 3 aromatic rings. The number of hydrogen-bond acceptors (Lipinski definition) is 6. The van der Waals surface area contributed by atoms with Crippen LogP contribution in [0.3, 0.4) is 0 Å². The van der Waals surface area contributed by atoms with E-state index in [2.05, 4.69) is 25.2 Å². The second kappa shape index (κ2) is 8.50. The number of carbonyl (C=O) groups excluding carboxylic acids is 1. The predicted octanol–water partition coefficient (Wildman–Crippen LogP) is 1.44. The largest absolute Gasteiger partial charge is 0.348 e. The Morgan fingerprint density at radius 2 is 1.87 bits per heavy atom. The van der Waals surface area contributed by atoms with Crippen LogP contribution in [0.15, 0.2) is 47.6 Å². The van der Waals surface area contributed by atoms with Crippen LogP contribution in [0.4, 0.5) is 0 Å². The van der Waals surface area contributed by atoms with Crippen LogP contribution in [0.2, 0.25) is 0 Å². The molecule has 5 N–H and O–H groups in total. The van der Waals surface area contributed by atoms with Gasteiger partial charge in [-0.2, -0.15) is 5.10 Å². The summed E-state index contributed by atoms with van der Waals surface area (Å²) in [5.74, 6) is -0.264. The number of benzene rings is 1. The summed E-state index contributed by atoms with van der Waals surface area (Å²) >= 11 is 0. The van der Waals surface area contributed by atoms with Crippen molar-refractivity contribution >= 4 is 27.0 Å². The molecule has 0 radical (unpaired) electrons. The molecule has 1 amide bonds. The van der Waals surface area contributed by atoms with Crippen molar-refractivity contribution in [2.75, 3.05) is 0 Å². The molecule has 0 bridgehead atoms. The summed E-state index contributed by atoms with van der Waals surface area (Å²) in [6, 6.07) is 8.30. The number of sulfonamides is 1. The van der Waals surface area contributed by atoms with E-state index in [-0.39, 0.29) is 29.4 Å². The number of fused-ring (bicyclic) bond motifs is 1. The Morgan fingerprint density at radius 1 is 1.13 bits per heavy atom. The number of H-pyrrole nitrogens is 1. The minimum absolute atomic E-state index is 0.0741. The molecule has 4 rings (SSSR count). The summed E-state index contributed by atoms with van der Waals surface area (Å²) in [6.45, 7) is 0.274. The highest BCUT2D eigenvalue weighted by molar-refractivity contribution is 7.89. The number of nitrogens with one attached hydrogen (secondary N) is 3. The molecule has 0 aliphatic heterocycles. The first kappa shape index (κ1) is 20.5. The Bertz CT molecular complexity index is 1130. The van der Waals surface area contributed by atoms with E-state index in [1.54, 1.807) is 36.5 Å². The SMILES string of the molecule is N[C@H]1CC[C@H](NS(=O)(=O)c2ccc(CNC(=O)c3cnc4[nH]ncc4c3)cc2)CC1. The third-order valence-corrected chi connectivity index (χ3v) is 6.87. The van der Waals surface area contributed by atoms with E-state index in [0.717, 1.165) is 36.6 Å². The molecule has 158 valence electrons. The van der Waals surface area contributed by atoms with Gasteiger partial charge in [0.15, 0.2) is 5.65 Å². The summed E-state index contributed by atoms with van der Waals surface area (Å²) in [5.41, 5.74) is 7.72. The van der Waals surface area contributed by atoms with Gasteiger partial charge in [-0.15, -0.1) is 0 Å². The first-order valence-electron chi connectivity index (χ1n) is 9.85. The van der Waals surface area contributed by atoms with Gasteiger partial charge in [-0.05, 0) is 49.4 Å². The number of nitrogens with two attached hydrogens (primary N) is 1. The Kier molecular flexibility index (Phi) is 5.80. The van der Waals surface area contributed by atoms with Crippen molar-refractivity contribution in [1.29, 1.82) is 0 Å². The summed E-state index contributed by atoms with van der Waals surface area (Å²) in [5, 5.41) is 10.2. The van der Waals surface area contributed by atoms with Crippen LogP contribution >= 0.6 is 0 Å². The molecule has 1 saturated carbocycles. The molecule has 9 nitrogen and oxygen atoms in total. The van der Waals surface area contributed by atoms with Gasteiger partial charge in [-0.1, -0.05) is 12.1 Å². The second-order valence-electron chi connectivity index (χ2n) is 7.59. The number of aromatic amines is 1. The lowest BCUT2D eigenvalue weighted by molar-refractivity contribution is 0.0950. The van der Waals surface area contributed by atoms with Crippen molar-refractivity contribution in [3.8, 4) is 0 Å². The Morgan fingerprint density at radius 3 is 2.60 bits per heavy atom. The fourth-order valence-electron chi connectivity index (χ4n) is 3.56. The average molecular weight is 429 g/mol. The van der Waals surface area contributed by atoms with E-state index < -0.39 is 10.0 Å². The maximum Gasteiger partial charge on any atom is 0.253 e. The zero-order valence-corrected chi connectivity index (χ0v) is 17.2. The van der Waals surface area contributed by atoms with Gasteiger partial charge in [0.2, 0.25) is 10.0 Å². The van der Waals surface area contributed by atoms with Crippen LogP contribution in [0, 0.1) is 0 Å². The van der Waals surface area contributed by atoms with Gasteiger partial charge >= 0.3 is 0 Å². The second-order valence-corrected chi connectivity index (χ2v) is 9.31. The lowest BCUT2D eigenvalue weighted by atomic mass is 9.93. The van der Waals surface area contributed by atoms with Crippen molar-refractivity contribution in [3.05, 3.63) is 53.9 Å². The number of aromatic nitrogens is 3. The first-order valence-corrected chi connectivity index (χ1v) is 11.3. The molecule has 2 heterocycles. The molecule has 1 aromatic carbocycles. The van der Waals surface area contributed by atoms with Gasteiger partial charge in [-0.25, -0.2) is 18.1 Å². The molecule has 2 aromatic heterocycles. The van der Waals surface area contributed by atoms with Crippen LogP contribution < -0.4 is 15.8 Å². The van der Waals surface area contributed by atoms with E-state index in [4.69, 9.17) is 5.73 Å². The Labute approximate surface area is 174 Å². The fraction of sp³-hybridized carbons (Fsp3) is 0.350. The van der Waals surface area contributed by atoms with Gasteiger partial charge in [0.1, 0.15) is 0 Å². The van der Waals surface area contributed by atoms with Crippen LogP contribution in [0.25, 0.3) is 11.0 Å². The summed E-state index contributed by atoms with van der Waals surface area (Å²) < 4.78 is 28.0. The number of nitrogens with zero attached hydrogens (tertiary/aromatic N) is 2. The molecule has 0 saturated heterocycles. The van der Waals surface area contributed by atoms with Gasteiger partial charge < -0.3 is 11.1 Å². The summed E-state index contributed by atoms with van der Waals surface area (Å²) in [7, 11) is -3.58. The quantitative estimate of drug-likeness (QED) is 0.468. The molecule has 0 atom stereocenters. The van der Waals surface area contributed by atoms with Crippen LogP contribution in [0.1, 0.15) is 41.6 Å². The van der Waals surface area contributed by atoms with Gasteiger partial charge in [0.25, 0.3) is 5.91 Å². The van der Waals surface area contributed by atoms with E-state index in [1.807, 2.05) is 0 Å². The number of hydrogen-bond donors (Lipinski definition) is 4. The van der Waals surface area contributed by atoms with Crippen molar-refractivity contribution < 1.29 is 13.2 Å². The lowest BCUT2D eigenvalue weighted by Gasteiger charge is -2.26. The van der Waals surface area contributed by atoms with Gasteiger partial charge in [0, 0.05) is 30.2 Å².